The molecule has 4 amide bonds. The molecule has 8 heteroatoms. The average molecular weight is 537 g/mol. The van der Waals surface area contributed by atoms with E-state index in [9.17, 15) is 19.2 Å². The number of nitrogens with one attached hydrogen (secondary N) is 2. The van der Waals surface area contributed by atoms with E-state index in [1.807, 2.05) is 55.5 Å². The summed E-state index contributed by atoms with van der Waals surface area (Å²) in [5.41, 5.74) is 1.96. The molecule has 0 radical (unpaired) electrons. The third kappa shape index (κ3) is 3.93. The van der Waals surface area contributed by atoms with Crippen molar-refractivity contribution in [2.45, 2.75) is 38.8 Å². The highest BCUT2D eigenvalue weighted by molar-refractivity contribution is 6.26. The van der Waals surface area contributed by atoms with E-state index in [1.165, 1.54) is 9.80 Å². The van der Waals surface area contributed by atoms with E-state index in [-0.39, 0.29) is 36.2 Å². The first-order chi connectivity index (χ1) is 19.2. The zero-order valence-corrected chi connectivity index (χ0v) is 22.8. The normalized spacial score (nSPS) is 25.2. The third-order valence-corrected chi connectivity index (χ3v) is 8.24. The molecule has 0 aliphatic carbocycles. The molecule has 0 saturated carbocycles. The number of fused-ring (bicyclic) bond motifs is 4. The second kappa shape index (κ2) is 9.71. The van der Waals surface area contributed by atoms with Crippen LogP contribution in [-0.4, -0.2) is 36.2 Å². The zero-order chi connectivity index (χ0) is 28.2. The minimum atomic E-state index is -1.44. The van der Waals surface area contributed by atoms with Crippen LogP contribution < -0.4 is 20.4 Å². The van der Waals surface area contributed by atoms with Crippen LogP contribution in [0.5, 0.6) is 0 Å². The van der Waals surface area contributed by atoms with E-state index in [4.69, 9.17) is 0 Å². The molecule has 2 N–H and O–H groups in total. The molecule has 8 nitrogen and oxygen atoms in total. The maximum atomic E-state index is 14.5. The van der Waals surface area contributed by atoms with Crippen LogP contribution in [-0.2, 0) is 24.7 Å². The molecular formula is C32H32N4O4. The monoisotopic (exact) mass is 536 g/mol. The number of anilines is 3. The van der Waals surface area contributed by atoms with Crippen molar-refractivity contribution in [2.75, 3.05) is 21.7 Å². The standard InChI is InChI=1S/C32H32N4O4/c1-19(2)17-24-27-28(30(39)36(29(27)38)22-9-5-4-6-10-22)32(34-24)23-11-7-8-12-25(23)35(31(32)40)18-26(37)33-21-15-13-20(3)14-16-21/h4-16,19,24,27-28,34H,17-18H2,1-3H3,(H,33,37)/t24-,27+,28+,32+/m0/s1. The van der Waals surface area contributed by atoms with Crippen LogP contribution in [0.4, 0.5) is 17.1 Å². The molecule has 0 aromatic heterocycles. The number of hydrogen-bond donors (Lipinski definition) is 2. The van der Waals surface area contributed by atoms with Gasteiger partial charge in [0.15, 0.2) is 0 Å². The molecule has 204 valence electrons. The number of carbonyl (C=O) groups is 4. The molecule has 2 saturated heterocycles. The first-order valence-electron chi connectivity index (χ1n) is 13.7. The van der Waals surface area contributed by atoms with Crippen LogP contribution in [0, 0.1) is 24.7 Å². The summed E-state index contributed by atoms with van der Waals surface area (Å²) in [6.45, 7) is 5.87. The van der Waals surface area contributed by atoms with E-state index in [0.29, 0.717) is 29.0 Å². The Morgan fingerprint density at radius 2 is 1.60 bits per heavy atom. The molecule has 3 aromatic carbocycles. The number of carbonyl (C=O) groups excluding carboxylic acids is 4. The first kappa shape index (κ1) is 26.0. The molecule has 40 heavy (non-hydrogen) atoms. The van der Waals surface area contributed by atoms with Crippen molar-refractivity contribution in [3.05, 3.63) is 90.0 Å². The van der Waals surface area contributed by atoms with Crippen LogP contribution in [0.15, 0.2) is 78.9 Å². The van der Waals surface area contributed by atoms with E-state index >= 15 is 0 Å². The maximum absolute atomic E-state index is 14.5. The van der Waals surface area contributed by atoms with Gasteiger partial charge in [-0.05, 0) is 49.6 Å². The topological polar surface area (TPSA) is 98.8 Å². The van der Waals surface area contributed by atoms with Crippen molar-refractivity contribution in [2.24, 2.45) is 17.8 Å². The second-order valence-electron chi connectivity index (χ2n) is 11.4. The molecule has 3 aliphatic rings. The predicted octanol–water partition coefficient (Wildman–Crippen LogP) is 4.00. The second-order valence-corrected chi connectivity index (χ2v) is 11.4. The number of amides is 4. The van der Waals surface area contributed by atoms with Crippen LogP contribution >= 0.6 is 0 Å². The average Bonchev–Trinajstić information content (AvgIpc) is 3.49. The van der Waals surface area contributed by atoms with Gasteiger partial charge in [-0.2, -0.15) is 0 Å². The van der Waals surface area contributed by atoms with Gasteiger partial charge in [-0.3, -0.25) is 24.5 Å². The minimum absolute atomic E-state index is 0.218. The maximum Gasteiger partial charge on any atom is 0.253 e. The lowest BCUT2D eigenvalue weighted by Crippen LogP contribution is -2.56. The highest BCUT2D eigenvalue weighted by Crippen LogP contribution is 2.55. The smallest absolute Gasteiger partial charge is 0.253 e. The molecule has 1 spiro atoms. The van der Waals surface area contributed by atoms with Gasteiger partial charge in [0.05, 0.1) is 17.5 Å². The highest BCUT2D eigenvalue weighted by atomic mass is 16.2. The number of para-hydroxylation sites is 2. The Morgan fingerprint density at radius 1 is 0.925 bits per heavy atom. The Bertz CT molecular complexity index is 1500. The van der Waals surface area contributed by atoms with Crippen molar-refractivity contribution in [3.8, 4) is 0 Å². The van der Waals surface area contributed by atoms with Crippen LogP contribution in [0.1, 0.15) is 31.4 Å². The molecule has 2 fully saturated rings. The number of rotatable bonds is 6. The summed E-state index contributed by atoms with van der Waals surface area (Å²) in [6.07, 6.45) is 0.619. The van der Waals surface area contributed by atoms with Crippen molar-refractivity contribution >= 4 is 40.7 Å². The van der Waals surface area contributed by atoms with E-state index in [0.717, 1.165) is 5.56 Å². The summed E-state index contributed by atoms with van der Waals surface area (Å²) in [5.74, 6) is -2.82. The van der Waals surface area contributed by atoms with E-state index in [2.05, 4.69) is 24.5 Å². The summed E-state index contributed by atoms with van der Waals surface area (Å²) in [4.78, 5) is 58.4. The molecule has 0 bridgehead atoms. The van der Waals surface area contributed by atoms with E-state index in [1.54, 1.807) is 30.3 Å². The number of benzene rings is 3. The fraction of sp³-hybridized carbons (Fsp3) is 0.312. The number of imide groups is 1. The van der Waals surface area contributed by atoms with Crippen LogP contribution in [0.3, 0.4) is 0 Å². The summed E-state index contributed by atoms with van der Waals surface area (Å²) in [5, 5.41) is 6.38. The lowest BCUT2D eigenvalue weighted by atomic mass is 9.76. The lowest BCUT2D eigenvalue weighted by molar-refractivity contribution is -0.132. The van der Waals surface area contributed by atoms with Gasteiger partial charge in [0, 0.05) is 23.0 Å². The van der Waals surface area contributed by atoms with Crippen LogP contribution in [0.2, 0.25) is 0 Å². The summed E-state index contributed by atoms with van der Waals surface area (Å²) >= 11 is 0. The fourth-order valence-electron chi connectivity index (χ4n) is 6.63. The van der Waals surface area contributed by atoms with Gasteiger partial charge in [-0.15, -0.1) is 0 Å². The van der Waals surface area contributed by atoms with Crippen LogP contribution in [0.25, 0.3) is 0 Å². The van der Waals surface area contributed by atoms with Gasteiger partial charge in [0.25, 0.3) is 5.91 Å². The Kier molecular flexibility index (Phi) is 6.30. The van der Waals surface area contributed by atoms with Gasteiger partial charge in [0.2, 0.25) is 17.7 Å². The molecule has 3 aliphatic heterocycles. The molecule has 4 atom stereocenters. The number of aryl methyl sites for hydroxylation is 1. The molecule has 3 heterocycles. The van der Waals surface area contributed by atoms with Crippen molar-refractivity contribution in [3.63, 3.8) is 0 Å². The van der Waals surface area contributed by atoms with Crippen molar-refractivity contribution < 1.29 is 19.2 Å². The summed E-state index contributed by atoms with van der Waals surface area (Å²) in [6, 6.07) is 23.2. The summed E-state index contributed by atoms with van der Waals surface area (Å²) < 4.78 is 0. The molecule has 6 rings (SSSR count). The molecule has 0 unspecified atom stereocenters. The number of nitrogens with zero attached hydrogens (tertiary/aromatic N) is 2. The minimum Gasteiger partial charge on any atom is -0.325 e. The summed E-state index contributed by atoms with van der Waals surface area (Å²) in [7, 11) is 0. The Hall–Kier alpha value is -4.30. The molecular weight excluding hydrogens is 504 g/mol. The van der Waals surface area contributed by atoms with E-state index < -0.39 is 23.3 Å². The van der Waals surface area contributed by atoms with Gasteiger partial charge in [-0.1, -0.05) is 67.9 Å². The Balaban J connectivity index is 1.40. The Labute approximate surface area is 233 Å². The third-order valence-electron chi connectivity index (χ3n) is 8.24. The zero-order valence-electron chi connectivity index (χ0n) is 22.8. The van der Waals surface area contributed by atoms with Gasteiger partial charge in [0.1, 0.15) is 12.1 Å². The van der Waals surface area contributed by atoms with Gasteiger partial charge >= 0.3 is 0 Å². The SMILES string of the molecule is Cc1ccc(NC(=O)CN2C(=O)[C@@]3(N[C@@H](CC(C)C)[C@H]4C(=O)N(c5ccccc5)C(=O)[C@@H]43)c3ccccc32)cc1. The number of hydrogen-bond acceptors (Lipinski definition) is 5. The largest absolute Gasteiger partial charge is 0.325 e. The quantitative estimate of drug-likeness (QED) is 0.464. The lowest BCUT2D eigenvalue weighted by Gasteiger charge is -2.31. The van der Waals surface area contributed by atoms with Gasteiger partial charge < -0.3 is 10.2 Å². The van der Waals surface area contributed by atoms with Crippen molar-refractivity contribution in [1.29, 1.82) is 0 Å². The fourth-order valence-corrected chi connectivity index (χ4v) is 6.63. The predicted molar refractivity (Wildman–Crippen MR) is 153 cm³/mol. The first-order valence-corrected chi connectivity index (χ1v) is 13.7. The highest BCUT2D eigenvalue weighted by Gasteiger charge is 2.71. The van der Waals surface area contributed by atoms with Crippen molar-refractivity contribution in [1.82, 2.24) is 5.32 Å². The Morgan fingerprint density at radius 3 is 2.30 bits per heavy atom. The molecule has 3 aromatic rings. The van der Waals surface area contributed by atoms with Gasteiger partial charge in [-0.25, -0.2) is 4.90 Å².